The summed E-state index contributed by atoms with van der Waals surface area (Å²) in [6, 6.07) is 2.88. The molecule has 1 amide bonds. The van der Waals surface area contributed by atoms with Crippen LogP contribution in [0.25, 0.3) is 10.9 Å². The minimum atomic E-state index is -0.622. The van der Waals surface area contributed by atoms with E-state index in [4.69, 9.17) is 4.74 Å². The van der Waals surface area contributed by atoms with Crippen molar-refractivity contribution >= 4 is 22.8 Å². The van der Waals surface area contributed by atoms with Crippen molar-refractivity contribution in [1.29, 1.82) is 0 Å². The highest BCUT2D eigenvalue weighted by molar-refractivity contribution is 5.82. The summed E-state index contributed by atoms with van der Waals surface area (Å²) in [5.41, 5.74) is -0.205. The van der Waals surface area contributed by atoms with Crippen LogP contribution >= 0.6 is 0 Å². The number of amides is 1. The lowest BCUT2D eigenvalue weighted by Gasteiger charge is -2.35. The Labute approximate surface area is 161 Å². The lowest BCUT2D eigenvalue weighted by molar-refractivity contribution is -0.132. The number of anilines is 1. The number of benzene rings is 1. The zero-order chi connectivity index (χ0) is 19.3. The van der Waals surface area contributed by atoms with Crippen LogP contribution in [-0.2, 0) is 4.79 Å². The predicted octanol–water partition coefficient (Wildman–Crippen LogP) is 1.91. The number of rotatable bonds is 5. The average molecular weight is 386 g/mol. The number of carbonyl (C=O) groups excluding carboxylic acids is 1. The molecule has 5 rings (SSSR count). The van der Waals surface area contributed by atoms with E-state index in [0.717, 1.165) is 25.7 Å². The number of H-pyrrole nitrogens is 1. The van der Waals surface area contributed by atoms with Gasteiger partial charge in [-0.2, -0.15) is 0 Å². The van der Waals surface area contributed by atoms with E-state index in [-0.39, 0.29) is 17.2 Å². The first-order valence-electron chi connectivity index (χ1n) is 9.98. The molecule has 1 aliphatic heterocycles. The Balaban J connectivity index is 1.37. The van der Waals surface area contributed by atoms with E-state index in [1.165, 1.54) is 6.07 Å². The number of aromatic amines is 1. The van der Waals surface area contributed by atoms with Gasteiger partial charge in [-0.05, 0) is 31.6 Å². The molecule has 1 saturated heterocycles. The molecule has 1 aromatic heterocycles. The first kappa shape index (κ1) is 17.5. The van der Waals surface area contributed by atoms with Crippen LogP contribution in [0.15, 0.2) is 16.9 Å². The molecular weight excluding hydrogens is 363 g/mol. The summed E-state index contributed by atoms with van der Waals surface area (Å²) in [6.07, 6.45) is 4.28. The summed E-state index contributed by atoms with van der Waals surface area (Å²) in [5, 5.41) is -0.0509. The Morgan fingerprint density at radius 1 is 1.18 bits per heavy atom. The van der Waals surface area contributed by atoms with Crippen molar-refractivity contribution in [1.82, 2.24) is 14.9 Å². The van der Waals surface area contributed by atoms with Gasteiger partial charge in [0.05, 0.1) is 12.1 Å². The van der Waals surface area contributed by atoms with Crippen LogP contribution in [0.1, 0.15) is 25.7 Å². The summed E-state index contributed by atoms with van der Waals surface area (Å²) in [5.74, 6) is 1.19. The molecule has 28 heavy (non-hydrogen) atoms. The van der Waals surface area contributed by atoms with Gasteiger partial charge in [0, 0.05) is 44.2 Å². The maximum atomic E-state index is 14.4. The maximum Gasteiger partial charge on any atom is 0.263 e. The van der Waals surface area contributed by atoms with Crippen molar-refractivity contribution in [3.8, 4) is 5.75 Å². The summed E-state index contributed by atoms with van der Waals surface area (Å²) >= 11 is 0. The second-order valence-electron chi connectivity index (χ2n) is 8.03. The van der Waals surface area contributed by atoms with Crippen molar-refractivity contribution < 1.29 is 13.9 Å². The molecule has 0 unspecified atom stereocenters. The first-order valence-corrected chi connectivity index (χ1v) is 9.98. The molecule has 3 aliphatic rings. The number of fused-ring (bicyclic) bond motifs is 1. The van der Waals surface area contributed by atoms with Gasteiger partial charge in [0.15, 0.2) is 0 Å². The zero-order valence-corrected chi connectivity index (χ0v) is 15.6. The van der Waals surface area contributed by atoms with E-state index in [1.807, 2.05) is 9.80 Å². The van der Waals surface area contributed by atoms with Gasteiger partial charge < -0.3 is 14.5 Å². The molecule has 0 bridgehead atoms. The van der Waals surface area contributed by atoms with Crippen molar-refractivity contribution in [2.75, 3.05) is 37.7 Å². The summed E-state index contributed by atoms with van der Waals surface area (Å²) in [7, 11) is 0. The molecule has 2 saturated carbocycles. The number of aromatic nitrogens is 2. The van der Waals surface area contributed by atoms with Crippen LogP contribution in [0, 0.1) is 17.7 Å². The number of carbonyl (C=O) groups is 1. The standard InChI is InChI=1S/C20H23FN4O3/c21-15-9-14(28-11-12-1-2-12)10-16-17(15)18(26)23-20(22-16)25-7-5-24(6-8-25)19(27)13-3-4-13/h9-10,12-13H,1-8,11H2,(H,22,23,26). The van der Waals surface area contributed by atoms with Gasteiger partial charge in [-0.3, -0.25) is 14.6 Å². The predicted molar refractivity (Wildman–Crippen MR) is 102 cm³/mol. The molecule has 2 aromatic rings. The van der Waals surface area contributed by atoms with Gasteiger partial charge in [-0.1, -0.05) is 0 Å². The number of hydrogen-bond donors (Lipinski definition) is 1. The van der Waals surface area contributed by atoms with Crippen LogP contribution < -0.4 is 15.2 Å². The molecule has 3 fully saturated rings. The second kappa shape index (κ2) is 6.76. The maximum absolute atomic E-state index is 14.4. The third kappa shape index (κ3) is 3.43. The Kier molecular flexibility index (Phi) is 4.21. The van der Waals surface area contributed by atoms with Crippen molar-refractivity contribution in [3.05, 3.63) is 28.3 Å². The van der Waals surface area contributed by atoms with Gasteiger partial charge in [0.2, 0.25) is 11.9 Å². The van der Waals surface area contributed by atoms with Gasteiger partial charge in [0.25, 0.3) is 5.56 Å². The second-order valence-corrected chi connectivity index (χ2v) is 8.03. The smallest absolute Gasteiger partial charge is 0.263 e. The number of ether oxygens (including phenoxy) is 1. The highest BCUT2D eigenvalue weighted by Gasteiger charge is 2.34. The van der Waals surface area contributed by atoms with Gasteiger partial charge in [-0.25, -0.2) is 9.37 Å². The van der Waals surface area contributed by atoms with E-state index < -0.39 is 11.4 Å². The third-order valence-corrected chi connectivity index (χ3v) is 5.72. The Bertz CT molecular complexity index is 975. The molecule has 0 radical (unpaired) electrons. The molecule has 7 nitrogen and oxygen atoms in total. The van der Waals surface area contributed by atoms with Crippen molar-refractivity contribution in [3.63, 3.8) is 0 Å². The topological polar surface area (TPSA) is 78.5 Å². The van der Waals surface area contributed by atoms with Gasteiger partial charge in [0.1, 0.15) is 17.0 Å². The van der Waals surface area contributed by atoms with Crippen molar-refractivity contribution in [2.24, 2.45) is 11.8 Å². The van der Waals surface area contributed by atoms with Crippen LogP contribution in [0.5, 0.6) is 5.75 Å². The highest BCUT2D eigenvalue weighted by Crippen LogP contribution is 2.32. The van der Waals surface area contributed by atoms with Crippen LogP contribution in [0.4, 0.5) is 10.3 Å². The first-order chi connectivity index (χ1) is 13.6. The number of halogens is 1. The summed E-state index contributed by atoms with van der Waals surface area (Å²) < 4.78 is 20.1. The number of hydrogen-bond acceptors (Lipinski definition) is 5. The molecule has 8 heteroatoms. The lowest BCUT2D eigenvalue weighted by Crippen LogP contribution is -2.50. The SMILES string of the molecule is O=C(C1CC1)N1CCN(c2nc3cc(OCC4CC4)cc(F)c3c(=O)[nH]2)CC1. The van der Waals surface area contributed by atoms with Crippen LogP contribution in [0.2, 0.25) is 0 Å². The monoisotopic (exact) mass is 386 g/mol. The van der Waals surface area contributed by atoms with E-state index in [9.17, 15) is 14.0 Å². The van der Waals surface area contributed by atoms with E-state index in [1.54, 1.807) is 6.07 Å². The fraction of sp³-hybridized carbons (Fsp3) is 0.550. The third-order valence-electron chi connectivity index (χ3n) is 5.72. The zero-order valence-electron chi connectivity index (χ0n) is 15.6. The number of piperazine rings is 1. The Morgan fingerprint density at radius 3 is 2.61 bits per heavy atom. The molecule has 0 spiro atoms. The minimum Gasteiger partial charge on any atom is -0.493 e. The van der Waals surface area contributed by atoms with Gasteiger partial charge >= 0.3 is 0 Å². The molecule has 1 N–H and O–H groups in total. The Hall–Kier alpha value is -2.64. The summed E-state index contributed by atoms with van der Waals surface area (Å²) in [6.45, 7) is 2.96. The lowest BCUT2D eigenvalue weighted by atomic mass is 10.2. The highest BCUT2D eigenvalue weighted by atomic mass is 19.1. The molecule has 0 atom stereocenters. The fourth-order valence-electron chi connectivity index (χ4n) is 3.65. The minimum absolute atomic E-state index is 0.0509. The van der Waals surface area contributed by atoms with Crippen LogP contribution in [-0.4, -0.2) is 53.6 Å². The fourth-order valence-corrected chi connectivity index (χ4v) is 3.65. The molecule has 2 aliphatic carbocycles. The van der Waals surface area contributed by atoms with E-state index in [0.29, 0.717) is 55.9 Å². The normalized spacial score (nSPS) is 19.9. The average Bonchev–Trinajstić information content (AvgIpc) is 3.59. The van der Waals surface area contributed by atoms with E-state index >= 15 is 0 Å². The number of nitrogens with one attached hydrogen (secondary N) is 1. The molecule has 2 heterocycles. The molecule has 1 aromatic carbocycles. The van der Waals surface area contributed by atoms with Crippen molar-refractivity contribution in [2.45, 2.75) is 25.7 Å². The van der Waals surface area contributed by atoms with Crippen LogP contribution in [0.3, 0.4) is 0 Å². The quantitative estimate of drug-likeness (QED) is 0.849. The summed E-state index contributed by atoms with van der Waals surface area (Å²) in [4.78, 5) is 35.7. The number of nitrogens with zero attached hydrogens (tertiary/aromatic N) is 3. The molecule has 148 valence electrons. The Morgan fingerprint density at radius 2 is 1.93 bits per heavy atom. The van der Waals surface area contributed by atoms with E-state index in [2.05, 4.69) is 9.97 Å². The largest absolute Gasteiger partial charge is 0.493 e. The molecular formula is C20H23FN4O3. The van der Waals surface area contributed by atoms with Gasteiger partial charge in [-0.15, -0.1) is 0 Å².